The van der Waals surface area contributed by atoms with Crippen LogP contribution in [0.4, 0.5) is 16.4 Å². The van der Waals surface area contributed by atoms with Crippen molar-refractivity contribution in [3.05, 3.63) is 45.5 Å². The Bertz CT molecular complexity index is 1050. The summed E-state index contributed by atoms with van der Waals surface area (Å²) in [6.45, 7) is 0. The maximum atomic E-state index is 12.3. The Kier molecular flexibility index (Phi) is 6.68. The summed E-state index contributed by atoms with van der Waals surface area (Å²) in [7, 11) is -1.96. The van der Waals surface area contributed by atoms with Gasteiger partial charge in [0.15, 0.2) is 0 Å². The predicted octanol–water partition coefficient (Wildman–Crippen LogP) is 0.752. The smallest absolute Gasteiger partial charge is 0.336 e. The van der Waals surface area contributed by atoms with Gasteiger partial charge in [-0.25, -0.2) is 22.7 Å². The molecule has 0 fully saturated rings. The van der Waals surface area contributed by atoms with E-state index >= 15 is 0 Å². The molecule has 0 saturated heterocycles. The number of amides is 2. The number of nitro benzene ring substituents is 1. The SMILES string of the molecule is COc1cc(OC)nc(NC(=O)NS(=O)(=O)Cc2c(C(=O)O)cccc2[N+](=O)[O-])n1. The monoisotopic (exact) mass is 441 g/mol. The Labute approximate surface area is 169 Å². The zero-order valence-corrected chi connectivity index (χ0v) is 16.3. The summed E-state index contributed by atoms with van der Waals surface area (Å²) >= 11 is 0. The molecular weight excluding hydrogens is 426 g/mol. The average molecular weight is 441 g/mol. The summed E-state index contributed by atoms with van der Waals surface area (Å²) in [5.41, 5.74) is -1.90. The second-order valence-corrected chi connectivity index (χ2v) is 7.18. The van der Waals surface area contributed by atoms with Crippen molar-refractivity contribution < 1.29 is 37.5 Å². The van der Waals surface area contributed by atoms with E-state index in [1.807, 2.05) is 5.32 Å². The number of nitro groups is 1. The van der Waals surface area contributed by atoms with Crippen LogP contribution >= 0.6 is 0 Å². The molecule has 0 bridgehead atoms. The van der Waals surface area contributed by atoms with E-state index in [1.165, 1.54) is 20.3 Å². The van der Waals surface area contributed by atoms with E-state index in [-0.39, 0.29) is 17.7 Å². The minimum absolute atomic E-state index is 0.0195. The van der Waals surface area contributed by atoms with Gasteiger partial charge in [0.25, 0.3) is 5.69 Å². The molecule has 15 heteroatoms. The molecule has 160 valence electrons. The number of methoxy groups -OCH3 is 2. The molecular formula is C15H15N5O9S. The van der Waals surface area contributed by atoms with Crippen LogP contribution in [0.5, 0.6) is 11.8 Å². The van der Waals surface area contributed by atoms with Crippen molar-refractivity contribution in [1.82, 2.24) is 14.7 Å². The van der Waals surface area contributed by atoms with E-state index in [9.17, 15) is 33.2 Å². The van der Waals surface area contributed by atoms with Crippen LogP contribution in [-0.2, 0) is 15.8 Å². The quantitative estimate of drug-likeness (QED) is 0.385. The number of hydrogen-bond donors (Lipinski definition) is 3. The highest BCUT2D eigenvalue weighted by molar-refractivity contribution is 7.89. The van der Waals surface area contributed by atoms with Gasteiger partial charge in [0, 0.05) is 6.07 Å². The number of hydrogen-bond acceptors (Lipinski definition) is 10. The van der Waals surface area contributed by atoms with Gasteiger partial charge in [0.05, 0.1) is 36.3 Å². The second kappa shape index (κ2) is 8.99. The predicted molar refractivity (Wildman–Crippen MR) is 100.0 cm³/mol. The summed E-state index contributed by atoms with van der Waals surface area (Å²) in [4.78, 5) is 41.1. The zero-order valence-electron chi connectivity index (χ0n) is 15.5. The fourth-order valence-electron chi connectivity index (χ4n) is 2.26. The fourth-order valence-corrected chi connectivity index (χ4v) is 3.35. The van der Waals surface area contributed by atoms with Gasteiger partial charge in [-0.3, -0.25) is 15.4 Å². The van der Waals surface area contributed by atoms with Gasteiger partial charge in [-0.05, 0) is 6.07 Å². The molecule has 1 aromatic heterocycles. The molecule has 0 aliphatic carbocycles. The minimum atomic E-state index is -4.55. The number of benzene rings is 1. The number of carbonyl (C=O) groups is 2. The zero-order chi connectivity index (χ0) is 22.5. The molecule has 2 amide bonds. The summed E-state index contributed by atoms with van der Waals surface area (Å²) < 4.78 is 36.0. The lowest BCUT2D eigenvalue weighted by atomic mass is 10.1. The Morgan fingerprint density at radius 1 is 1.20 bits per heavy atom. The molecule has 1 aromatic carbocycles. The van der Waals surface area contributed by atoms with Crippen LogP contribution in [-0.4, -0.2) is 54.6 Å². The van der Waals surface area contributed by atoms with Gasteiger partial charge >= 0.3 is 12.0 Å². The Hall–Kier alpha value is -4.01. The number of sulfonamides is 1. The molecule has 3 N–H and O–H groups in total. The number of carboxylic acid groups (broad SMARTS) is 1. The van der Waals surface area contributed by atoms with Crippen LogP contribution in [0.1, 0.15) is 15.9 Å². The Morgan fingerprint density at radius 2 is 1.80 bits per heavy atom. The number of carbonyl (C=O) groups excluding carboxylic acids is 1. The number of rotatable bonds is 8. The molecule has 0 spiro atoms. The highest BCUT2D eigenvalue weighted by atomic mass is 32.2. The number of urea groups is 1. The lowest BCUT2D eigenvalue weighted by molar-refractivity contribution is -0.385. The molecule has 2 aromatic rings. The number of carboxylic acids is 1. The molecule has 0 aliphatic rings. The van der Waals surface area contributed by atoms with Crippen LogP contribution in [0.2, 0.25) is 0 Å². The summed E-state index contributed by atoms with van der Waals surface area (Å²) in [6, 6.07) is 3.08. The first-order valence-electron chi connectivity index (χ1n) is 7.84. The van der Waals surface area contributed by atoms with Gasteiger partial charge in [-0.2, -0.15) is 9.97 Å². The summed E-state index contributed by atoms with van der Waals surface area (Å²) in [5.74, 6) is -3.01. The number of aromatic carboxylic acids is 1. The van der Waals surface area contributed by atoms with Crippen molar-refractivity contribution in [2.75, 3.05) is 19.5 Å². The van der Waals surface area contributed by atoms with Crippen molar-refractivity contribution in [3.8, 4) is 11.8 Å². The van der Waals surface area contributed by atoms with Crippen molar-refractivity contribution in [2.45, 2.75) is 5.75 Å². The molecule has 0 aliphatic heterocycles. The lowest BCUT2D eigenvalue weighted by Gasteiger charge is -2.11. The first-order chi connectivity index (χ1) is 14.1. The van der Waals surface area contributed by atoms with Gasteiger partial charge in [-0.15, -0.1) is 0 Å². The average Bonchev–Trinajstić information content (AvgIpc) is 2.66. The van der Waals surface area contributed by atoms with Gasteiger partial charge in [0.2, 0.25) is 27.7 Å². The largest absolute Gasteiger partial charge is 0.481 e. The maximum absolute atomic E-state index is 12.3. The lowest BCUT2D eigenvalue weighted by Crippen LogP contribution is -2.36. The number of nitrogens with zero attached hydrogens (tertiary/aromatic N) is 3. The highest BCUT2D eigenvalue weighted by Gasteiger charge is 2.27. The van der Waals surface area contributed by atoms with E-state index in [1.54, 1.807) is 4.72 Å². The topological polar surface area (TPSA) is 200 Å². The third-order valence-corrected chi connectivity index (χ3v) is 4.65. The minimum Gasteiger partial charge on any atom is -0.481 e. The van der Waals surface area contributed by atoms with Crippen LogP contribution in [0.15, 0.2) is 24.3 Å². The third-order valence-electron chi connectivity index (χ3n) is 3.48. The number of nitrogens with one attached hydrogen (secondary N) is 2. The van der Waals surface area contributed by atoms with E-state index in [2.05, 4.69) is 9.97 Å². The summed E-state index contributed by atoms with van der Waals surface area (Å²) in [5, 5.41) is 22.4. The summed E-state index contributed by atoms with van der Waals surface area (Å²) in [6.07, 6.45) is 0. The second-order valence-electron chi connectivity index (χ2n) is 5.46. The first-order valence-corrected chi connectivity index (χ1v) is 9.49. The third kappa shape index (κ3) is 5.51. The molecule has 14 nitrogen and oxygen atoms in total. The Balaban J connectivity index is 2.25. The molecule has 2 rings (SSSR count). The molecule has 1 heterocycles. The number of ether oxygens (including phenoxy) is 2. The fraction of sp³-hybridized carbons (Fsp3) is 0.200. The van der Waals surface area contributed by atoms with E-state index in [0.717, 1.165) is 18.2 Å². The van der Waals surface area contributed by atoms with Gasteiger partial charge in [-0.1, -0.05) is 6.07 Å². The van der Waals surface area contributed by atoms with Crippen LogP contribution in [0, 0.1) is 10.1 Å². The first kappa shape index (κ1) is 22.3. The van der Waals surface area contributed by atoms with Gasteiger partial charge < -0.3 is 14.6 Å². The van der Waals surface area contributed by atoms with Crippen molar-refractivity contribution in [2.24, 2.45) is 0 Å². The van der Waals surface area contributed by atoms with E-state index in [0.29, 0.717) is 0 Å². The molecule has 0 atom stereocenters. The van der Waals surface area contributed by atoms with Crippen LogP contribution < -0.4 is 19.5 Å². The normalized spacial score (nSPS) is 10.7. The molecule has 0 unspecified atom stereocenters. The molecule has 0 radical (unpaired) electrons. The standard InChI is InChI=1S/C15H15N5O9S/c1-28-11-6-12(29-2)17-14(16-11)18-15(23)19-30(26,27)7-9-8(13(21)22)4-3-5-10(9)20(24)25/h3-6H,7H2,1-2H3,(H,21,22)(H2,16,17,18,19,23). The van der Waals surface area contributed by atoms with E-state index in [4.69, 9.17) is 9.47 Å². The molecule has 0 saturated carbocycles. The number of anilines is 1. The van der Waals surface area contributed by atoms with Gasteiger partial charge in [0.1, 0.15) is 5.75 Å². The van der Waals surface area contributed by atoms with Crippen LogP contribution in [0.3, 0.4) is 0 Å². The van der Waals surface area contributed by atoms with E-state index < -0.39 is 49.5 Å². The Morgan fingerprint density at radius 3 is 2.30 bits per heavy atom. The number of aromatic nitrogens is 2. The highest BCUT2D eigenvalue weighted by Crippen LogP contribution is 2.24. The molecule has 30 heavy (non-hydrogen) atoms. The maximum Gasteiger partial charge on any atom is 0.336 e. The van der Waals surface area contributed by atoms with Crippen LogP contribution in [0.25, 0.3) is 0 Å². The van der Waals surface area contributed by atoms with Crippen molar-refractivity contribution in [3.63, 3.8) is 0 Å². The van der Waals surface area contributed by atoms with Crippen molar-refractivity contribution >= 4 is 33.7 Å². The van der Waals surface area contributed by atoms with Crippen molar-refractivity contribution in [1.29, 1.82) is 0 Å².